The second-order valence-corrected chi connectivity index (χ2v) is 4.34. The van der Waals surface area contributed by atoms with E-state index >= 15 is 0 Å². The smallest absolute Gasteiger partial charge is 0.333 e. The highest BCUT2D eigenvalue weighted by atomic mass is 16.6. The Balaban J connectivity index is 3.90. The number of aldehydes is 1. The average molecular weight is 212 g/mol. The molecule has 0 radical (unpaired) electrons. The van der Waals surface area contributed by atoms with Crippen LogP contribution in [0.2, 0.25) is 0 Å². The van der Waals surface area contributed by atoms with Gasteiger partial charge >= 0.3 is 5.97 Å². The van der Waals surface area contributed by atoms with Crippen molar-refractivity contribution in [2.24, 2.45) is 0 Å². The molecule has 0 fully saturated rings. The summed E-state index contributed by atoms with van der Waals surface area (Å²) >= 11 is 0. The molecule has 3 nitrogen and oxygen atoms in total. The van der Waals surface area contributed by atoms with Crippen LogP contribution < -0.4 is 0 Å². The van der Waals surface area contributed by atoms with Crippen molar-refractivity contribution in [2.75, 3.05) is 0 Å². The number of carbonyl (C=O) groups is 2. The lowest BCUT2D eigenvalue weighted by Crippen LogP contribution is -2.28. The maximum Gasteiger partial charge on any atom is 0.333 e. The topological polar surface area (TPSA) is 43.4 Å². The van der Waals surface area contributed by atoms with Crippen LogP contribution in [-0.2, 0) is 14.3 Å². The van der Waals surface area contributed by atoms with Gasteiger partial charge in [0.25, 0.3) is 0 Å². The highest BCUT2D eigenvalue weighted by molar-refractivity contribution is 5.87. The predicted molar refractivity (Wildman–Crippen MR) is 59.5 cm³/mol. The van der Waals surface area contributed by atoms with E-state index in [1.807, 2.05) is 13.8 Å². The van der Waals surface area contributed by atoms with Crippen LogP contribution in [0.5, 0.6) is 0 Å². The van der Waals surface area contributed by atoms with Gasteiger partial charge in [-0.2, -0.15) is 0 Å². The number of esters is 1. The van der Waals surface area contributed by atoms with Gasteiger partial charge in [0, 0.05) is 12.0 Å². The van der Waals surface area contributed by atoms with Crippen LogP contribution in [0.1, 0.15) is 46.5 Å². The summed E-state index contributed by atoms with van der Waals surface area (Å²) in [5.74, 6) is -0.351. The van der Waals surface area contributed by atoms with E-state index in [9.17, 15) is 9.59 Å². The lowest BCUT2D eigenvalue weighted by molar-refractivity contribution is -0.152. The van der Waals surface area contributed by atoms with Gasteiger partial charge in [-0.25, -0.2) is 4.79 Å². The Morgan fingerprint density at radius 3 is 2.47 bits per heavy atom. The molecule has 86 valence electrons. The SMILES string of the molecule is C=C(C)C(=O)OC(C)(C)CCCCC=O. The van der Waals surface area contributed by atoms with E-state index in [2.05, 4.69) is 6.58 Å². The molecule has 0 aromatic rings. The zero-order valence-corrected chi connectivity index (χ0v) is 9.84. The fourth-order valence-electron chi connectivity index (χ4n) is 1.17. The molecule has 0 aliphatic heterocycles. The number of carbonyl (C=O) groups excluding carboxylic acids is 2. The largest absolute Gasteiger partial charge is 0.456 e. The standard InChI is InChI=1S/C12H20O3/c1-10(2)11(14)15-12(3,4)8-6-5-7-9-13/h9H,1,5-8H2,2-4H3. The van der Waals surface area contributed by atoms with Crippen LogP contribution in [0, 0.1) is 0 Å². The van der Waals surface area contributed by atoms with Gasteiger partial charge in [-0.1, -0.05) is 6.58 Å². The number of ether oxygens (including phenoxy) is 1. The Hall–Kier alpha value is -1.12. The first-order valence-corrected chi connectivity index (χ1v) is 5.21. The summed E-state index contributed by atoms with van der Waals surface area (Å²) in [5, 5.41) is 0. The van der Waals surface area contributed by atoms with E-state index in [-0.39, 0.29) is 5.97 Å². The van der Waals surface area contributed by atoms with E-state index in [1.54, 1.807) is 6.92 Å². The number of rotatable bonds is 7. The van der Waals surface area contributed by atoms with E-state index in [1.165, 1.54) is 0 Å². The zero-order valence-electron chi connectivity index (χ0n) is 9.84. The third kappa shape index (κ3) is 6.89. The molecule has 0 bridgehead atoms. The van der Waals surface area contributed by atoms with Gasteiger partial charge in [0.05, 0.1) is 0 Å². The molecule has 0 aromatic heterocycles. The predicted octanol–water partition coefficient (Wildman–Crippen LogP) is 2.64. The minimum Gasteiger partial charge on any atom is -0.456 e. The van der Waals surface area contributed by atoms with E-state index in [0.29, 0.717) is 12.0 Å². The third-order valence-corrected chi connectivity index (χ3v) is 2.07. The molecule has 0 heterocycles. The van der Waals surface area contributed by atoms with E-state index in [0.717, 1.165) is 25.5 Å². The summed E-state index contributed by atoms with van der Waals surface area (Å²) in [5.41, 5.74) is -0.0604. The summed E-state index contributed by atoms with van der Waals surface area (Å²) in [6, 6.07) is 0. The van der Waals surface area contributed by atoms with Crippen molar-refractivity contribution in [3.8, 4) is 0 Å². The summed E-state index contributed by atoms with van der Waals surface area (Å²) in [7, 11) is 0. The maximum absolute atomic E-state index is 11.3. The van der Waals surface area contributed by atoms with Gasteiger partial charge in [0.15, 0.2) is 0 Å². The van der Waals surface area contributed by atoms with Gasteiger partial charge in [-0.3, -0.25) is 0 Å². The lowest BCUT2D eigenvalue weighted by Gasteiger charge is -2.25. The second kappa shape index (κ2) is 6.38. The third-order valence-electron chi connectivity index (χ3n) is 2.07. The molecular formula is C12H20O3. The highest BCUT2D eigenvalue weighted by Crippen LogP contribution is 2.19. The number of unbranched alkanes of at least 4 members (excludes halogenated alkanes) is 2. The Bertz CT molecular complexity index is 241. The van der Waals surface area contributed by atoms with Gasteiger partial charge in [0.2, 0.25) is 0 Å². The first-order chi connectivity index (χ1) is 6.89. The van der Waals surface area contributed by atoms with Crippen LogP contribution in [0.25, 0.3) is 0 Å². The molecule has 3 heteroatoms. The molecule has 0 amide bonds. The van der Waals surface area contributed by atoms with Gasteiger partial charge in [0.1, 0.15) is 11.9 Å². The highest BCUT2D eigenvalue weighted by Gasteiger charge is 2.22. The summed E-state index contributed by atoms with van der Waals surface area (Å²) < 4.78 is 5.25. The normalized spacial score (nSPS) is 10.9. The molecule has 0 N–H and O–H groups in total. The summed E-state index contributed by atoms with van der Waals surface area (Å²) in [6.07, 6.45) is 3.98. The molecule has 15 heavy (non-hydrogen) atoms. The molecule has 0 aliphatic carbocycles. The Labute approximate surface area is 91.5 Å². The summed E-state index contributed by atoms with van der Waals surface area (Å²) in [4.78, 5) is 21.4. The van der Waals surface area contributed by atoms with Crippen molar-refractivity contribution in [1.82, 2.24) is 0 Å². The second-order valence-electron chi connectivity index (χ2n) is 4.34. The molecule has 0 aromatic carbocycles. The quantitative estimate of drug-likeness (QED) is 0.282. The lowest BCUT2D eigenvalue weighted by atomic mass is 10.0. The van der Waals surface area contributed by atoms with Crippen LogP contribution in [0.4, 0.5) is 0 Å². The molecule has 0 saturated carbocycles. The van der Waals surface area contributed by atoms with Crippen molar-refractivity contribution < 1.29 is 14.3 Å². The Morgan fingerprint density at radius 1 is 1.40 bits per heavy atom. The zero-order chi connectivity index (χ0) is 11.9. The van der Waals surface area contributed by atoms with Gasteiger partial charge < -0.3 is 9.53 Å². The molecule has 0 spiro atoms. The summed E-state index contributed by atoms with van der Waals surface area (Å²) in [6.45, 7) is 8.90. The van der Waals surface area contributed by atoms with Crippen molar-refractivity contribution in [2.45, 2.75) is 52.1 Å². The first kappa shape index (κ1) is 13.9. The van der Waals surface area contributed by atoms with Crippen LogP contribution in [0.3, 0.4) is 0 Å². The van der Waals surface area contributed by atoms with Crippen LogP contribution in [-0.4, -0.2) is 17.9 Å². The van der Waals surface area contributed by atoms with Gasteiger partial charge in [-0.05, 0) is 40.0 Å². The number of hydrogen-bond acceptors (Lipinski definition) is 3. The average Bonchev–Trinajstić information content (AvgIpc) is 2.11. The van der Waals surface area contributed by atoms with E-state index in [4.69, 9.17) is 4.74 Å². The van der Waals surface area contributed by atoms with E-state index < -0.39 is 5.60 Å². The monoisotopic (exact) mass is 212 g/mol. The maximum atomic E-state index is 11.3. The number of hydrogen-bond donors (Lipinski definition) is 0. The molecular weight excluding hydrogens is 192 g/mol. The van der Waals surface area contributed by atoms with Crippen LogP contribution >= 0.6 is 0 Å². The fraction of sp³-hybridized carbons (Fsp3) is 0.667. The molecule has 0 rings (SSSR count). The van der Waals surface area contributed by atoms with Crippen LogP contribution in [0.15, 0.2) is 12.2 Å². The van der Waals surface area contributed by atoms with Crippen molar-refractivity contribution in [3.05, 3.63) is 12.2 Å². The molecule has 0 atom stereocenters. The minimum absolute atomic E-state index is 0.351. The van der Waals surface area contributed by atoms with Crippen molar-refractivity contribution in [3.63, 3.8) is 0 Å². The van der Waals surface area contributed by atoms with Crippen molar-refractivity contribution >= 4 is 12.3 Å². The Kier molecular flexibility index (Phi) is 5.90. The van der Waals surface area contributed by atoms with Gasteiger partial charge in [-0.15, -0.1) is 0 Å². The van der Waals surface area contributed by atoms with Crippen molar-refractivity contribution in [1.29, 1.82) is 0 Å². The Morgan fingerprint density at radius 2 is 2.00 bits per heavy atom. The molecule has 0 saturated heterocycles. The fourth-order valence-corrected chi connectivity index (χ4v) is 1.17. The minimum atomic E-state index is -0.473. The first-order valence-electron chi connectivity index (χ1n) is 5.21. The molecule has 0 aliphatic rings. The molecule has 0 unspecified atom stereocenters.